The molecule has 0 aliphatic carbocycles. The largest absolute Gasteiger partial charge is 0.465 e. The number of halogens is 1. The number of likely N-dealkylation sites (tertiary alicyclic amines) is 2. The molecule has 0 bridgehead atoms. The molecule has 4 heterocycles. The number of carbonyl (C=O) groups excluding carboxylic acids is 3. The van der Waals surface area contributed by atoms with Crippen molar-refractivity contribution >= 4 is 35.6 Å². The van der Waals surface area contributed by atoms with Crippen LogP contribution in [0.3, 0.4) is 0 Å². The van der Waals surface area contributed by atoms with E-state index < -0.39 is 24.3 Å². The van der Waals surface area contributed by atoms with Gasteiger partial charge in [-0.1, -0.05) is 89.2 Å². The summed E-state index contributed by atoms with van der Waals surface area (Å²) in [5, 5.41) is 14.8. The Morgan fingerprint density at radius 1 is 0.793 bits per heavy atom. The number of aromatic nitrogens is 4. The van der Waals surface area contributed by atoms with Crippen LogP contribution < -0.4 is 10.6 Å². The average molecular weight is 811 g/mol. The number of methoxy groups -OCH3 is 1. The van der Waals surface area contributed by atoms with Crippen LogP contribution in [0.25, 0.3) is 22.5 Å². The van der Waals surface area contributed by atoms with Crippen molar-refractivity contribution in [1.29, 1.82) is 0 Å². The van der Waals surface area contributed by atoms with E-state index in [4.69, 9.17) is 21.3 Å². The molecule has 2 aliphatic heterocycles. The zero-order valence-corrected chi connectivity index (χ0v) is 34.6. The predicted octanol–water partition coefficient (Wildman–Crippen LogP) is 7.01. The molecule has 306 valence electrons. The lowest BCUT2D eigenvalue weighted by atomic mass is 10.0. The monoisotopic (exact) mass is 810 g/mol. The van der Waals surface area contributed by atoms with Gasteiger partial charge in [-0.25, -0.2) is 19.6 Å². The fourth-order valence-electron chi connectivity index (χ4n) is 7.76. The second-order valence-electron chi connectivity index (χ2n) is 16.1. The second kappa shape index (κ2) is 17.8. The van der Waals surface area contributed by atoms with E-state index in [1.54, 1.807) is 16.0 Å². The molecule has 15 heteroatoms. The zero-order chi connectivity index (χ0) is 41.8. The first-order valence-corrected chi connectivity index (χ1v) is 20.0. The molecule has 0 spiro atoms. The van der Waals surface area contributed by atoms with Gasteiger partial charge >= 0.3 is 12.2 Å². The number of H-pyrrole nitrogens is 2. The van der Waals surface area contributed by atoms with Gasteiger partial charge in [-0.05, 0) is 66.3 Å². The van der Waals surface area contributed by atoms with Crippen LogP contribution in [-0.4, -0.2) is 91.1 Å². The van der Waals surface area contributed by atoms with E-state index in [0.717, 1.165) is 34.4 Å². The third kappa shape index (κ3) is 9.31. The van der Waals surface area contributed by atoms with E-state index in [2.05, 4.69) is 51.3 Å². The zero-order valence-electron chi connectivity index (χ0n) is 33.8. The Morgan fingerprint density at radius 2 is 1.29 bits per heavy atom. The molecule has 6 atom stereocenters. The number of imidazole rings is 2. The molecule has 2 aromatic carbocycles. The number of rotatable bonds is 10. The first kappa shape index (κ1) is 41.8. The molecule has 2 unspecified atom stereocenters. The third-order valence-corrected chi connectivity index (χ3v) is 11.1. The molecular formula is C43H51ClN8O6. The maximum Gasteiger partial charge on any atom is 0.407 e. The summed E-state index contributed by atoms with van der Waals surface area (Å²) in [6, 6.07) is 13.3. The highest BCUT2D eigenvalue weighted by molar-refractivity contribution is 6.31. The molecule has 2 saturated heterocycles. The van der Waals surface area contributed by atoms with Gasteiger partial charge in [0.15, 0.2) is 0 Å². The van der Waals surface area contributed by atoms with E-state index in [0.29, 0.717) is 42.0 Å². The lowest BCUT2D eigenvalue weighted by molar-refractivity contribution is -0.136. The molecule has 5 N–H and O–H groups in total. The first-order chi connectivity index (χ1) is 27.6. The van der Waals surface area contributed by atoms with Crippen molar-refractivity contribution in [3.8, 4) is 34.4 Å². The number of carbonyl (C=O) groups is 4. The van der Waals surface area contributed by atoms with Crippen LogP contribution >= 0.6 is 11.6 Å². The Bertz CT molecular complexity index is 2190. The Morgan fingerprint density at radius 3 is 1.79 bits per heavy atom. The van der Waals surface area contributed by atoms with Crippen molar-refractivity contribution in [2.75, 3.05) is 20.2 Å². The number of amides is 4. The average Bonchev–Trinajstić information content (AvgIpc) is 4.00. The molecule has 2 aromatic heterocycles. The fraction of sp³-hybridized carbons (Fsp3) is 0.442. The van der Waals surface area contributed by atoms with Crippen LogP contribution in [0.15, 0.2) is 54.7 Å². The summed E-state index contributed by atoms with van der Waals surface area (Å²) in [4.78, 5) is 70.2. The highest BCUT2D eigenvalue weighted by atomic mass is 35.5. The molecule has 4 amide bonds. The van der Waals surface area contributed by atoms with E-state index in [1.165, 1.54) is 7.11 Å². The molecule has 14 nitrogen and oxygen atoms in total. The summed E-state index contributed by atoms with van der Waals surface area (Å²) < 4.78 is 4.76. The second-order valence-corrected chi connectivity index (χ2v) is 16.5. The SMILES string of the molecule is COC(=O)N[C@H](C(=O)N1CC(C)CC1c1nc(-c2ccc(C#Cc3ccc(-c4cnc([C@@H]5C[C@H](C)CN5C(=O)[C@@H](NC(=O)O)C(C)C)[nH]4)cc3)cc2)c(Cl)[nH]1)C(C)C. The van der Waals surface area contributed by atoms with Crippen molar-refractivity contribution in [2.24, 2.45) is 23.7 Å². The number of carboxylic acid groups (broad SMARTS) is 1. The van der Waals surface area contributed by atoms with Gasteiger partial charge in [0.1, 0.15) is 34.6 Å². The van der Waals surface area contributed by atoms with Gasteiger partial charge in [0.2, 0.25) is 11.8 Å². The van der Waals surface area contributed by atoms with Gasteiger partial charge in [0.25, 0.3) is 0 Å². The first-order valence-electron chi connectivity index (χ1n) is 19.6. The number of alkyl carbamates (subject to hydrolysis) is 1. The number of ether oxygens (including phenoxy) is 1. The topological polar surface area (TPSA) is 186 Å². The van der Waals surface area contributed by atoms with Crippen molar-refractivity contribution in [3.63, 3.8) is 0 Å². The van der Waals surface area contributed by atoms with Crippen molar-refractivity contribution < 1.29 is 29.0 Å². The van der Waals surface area contributed by atoms with Crippen molar-refractivity contribution in [2.45, 2.75) is 78.6 Å². The highest BCUT2D eigenvalue weighted by Gasteiger charge is 2.41. The number of nitrogens with one attached hydrogen (secondary N) is 4. The third-order valence-electron chi connectivity index (χ3n) is 10.8. The normalized spacial score (nSPS) is 20.1. The van der Waals surface area contributed by atoms with Gasteiger partial charge in [-0.3, -0.25) is 9.59 Å². The summed E-state index contributed by atoms with van der Waals surface area (Å²) in [6.07, 6.45) is 1.30. The summed E-state index contributed by atoms with van der Waals surface area (Å²) in [5.41, 5.74) is 4.72. The highest BCUT2D eigenvalue weighted by Crippen LogP contribution is 2.38. The maximum absolute atomic E-state index is 13.7. The molecule has 2 aliphatic rings. The Hall–Kier alpha value is -5.81. The molecule has 58 heavy (non-hydrogen) atoms. The Balaban J connectivity index is 1.12. The minimum Gasteiger partial charge on any atom is -0.465 e. The van der Waals surface area contributed by atoms with Crippen LogP contribution in [-0.2, 0) is 14.3 Å². The van der Waals surface area contributed by atoms with Crippen LogP contribution in [0.4, 0.5) is 9.59 Å². The Kier molecular flexibility index (Phi) is 12.8. The van der Waals surface area contributed by atoms with E-state index >= 15 is 0 Å². The molecule has 0 saturated carbocycles. The quantitative estimate of drug-likeness (QED) is 0.106. The number of hydrogen-bond acceptors (Lipinski definition) is 7. The summed E-state index contributed by atoms with van der Waals surface area (Å²) in [6.45, 7) is 12.6. The number of benzene rings is 2. The molecule has 0 radical (unpaired) electrons. The molecule has 4 aromatic rings. The fourth-order valence-corrected chi connectivity index (χ4v) is 8.01. The summed E-state index contributed by atoms with van der Waals surface area (Å²) in [7, 11) is 1.27. The molecular weight excluding hydrogens is 760 g/mol. The van der Waals surface area contributed by atoms with Gasteiger partial charge in [0, 0.05) is 29.8 Å². The Labute approximate surface area is 343 Å². The smallest absolute Gasteiger partial charge is 0.407 e. The van der Waals surface area contributed by atoms with E-state index in [-0.39, 0.29) is 47.6 Å². The van der Waals surface area contributed by atoms with Gasteiger partial charge in [0.05, 0.1) is 31.1 Å². The van der Waals surface area contributed by atoms with E-state index in [1.807, 2.05) is 76.2 Å². The lowest BCUT2D eigenvalue weighted by Gasteiger charge is -2.30. The minimum absolute atomic E-state index is 0.148. The number of nitrogens with zero attached hydrogens (tertiary/aromatic N) is 4. The minimum atomic E-state index is -1.22. The summed E-state index contributed by atoms with van der Waals surface area (Å²) >= 11 is 6.69. The molecule has 6 rings (SSSR count). The van der Waals surface area contributed by atoms with Gasteiger partial charge in [-0.15, -0.1) is 0 Å². The van der Waals surface area contributed by atoms with Gasteiger partial charge < -0.3 is 40.2 Å². The van der Waals surface area contributed by atoms with Crippen LogP contribution in [0, 0.1) is 35.5 Å². The standard InChI is InChI=1S/C43H51ClN8O6/c1-23(2)34(48-42(55)56)40(53)51-21-25(5)18-32(51)38-45-20-31(46-38)29-14-10-27(11-15-29)8-9-28-12-16-30(17-13-28)36-37(44)50-39(47-36)33-19-26(6)22-52(33)41(54)35(24(3)4)49-43(57)58-7/h10-17,20,23-26,32-35,48H,18-19,21-22H2,1-7H3,(H,45,46)(H,47,50)(H,49,57)(H,55,56)/t25-,26?,32-,33?,34-,35-/m0/s1. The van der Waals surface area contributed by atoms with Crippen LogP contribution in [0.1, 0.15) is 89.2 Å². The predicted molar refractivity (Wildman–Crippen MR) is 219 cm³/mol. The summed E-state index contributed by atoms with van der Waals surface area (Å²) in [5.74, 6) is 7.38. The lowest BCUT2D eigenvalue weighted by Crippen LogP contribution is -2.51. The van der Waals surface area contributed by atoms with Gasteiger partial charge in [-0.2, -0.15) is 0 Å². The van der Waals surface area contributed by atoms with Crippen LogP contribution in [0.5, 0.6) is 0 Å². The number of aromatic amines is 2. The van der Waals surface area contributed by atoms with Crippen molar-refractivity contribution in [1.82, 2.24) is 40.4 Å². The molecule has 2 fully saturated rings. The van der Waals surface area contributed by atoms with Crippen molar-refractivity contribution in [3.05, 3.63) is 82.7 Å². The number of hydrogen-bond donors (Lipinski definition) is 5. The maximum atomic E-state index is 13.7. The van der Waals surface area contributed by atoms with Crippen LogP contribution in [0.2, 0.25) is 5.15 Å². The van der Waals surface area contributed by atoms with E-state index in [9.17, 15) is 24.3 Å².